The minimum absolute atomic E-state index is 0.0994. The molecule has 0 bridgehead atoms. The molecule has 16 heavy (non-hydrogen) atoms. The summed E-state index contributed by atoms with van der Waals surface area (Å²) in [6.07, 6.45) is 2.01. The Morgan fingerprint density at radius 3 is 2.69 bits per heavy atom. The zero-order chi connectivity index (χ0) is 11.7. The minimum Gasteiger partial charge on any atom is -0.284 e. The Labute approximate surface area is 95.9 Å². The largest absolute Gasteiger partial charge is 0.284 e. The van der Waals surface area contributed by atoms with Crippen LogP contribution in [0.4, 0.5) is 0 Å². The second-order valence-electron chi connectivity index (χ2n) is 4.30. The third-order valence-electron chi connectivity index (χ3n) is 2.85. The molecule has 0 radical (unpaired) electrons. The monoisotopic (exact) mass is 215 g/mol. The molecule has 2 aromatic rings. The van der Waals surface area contributed by atoms with E-state index in [1.807, 2.05) is 10.6 Å². The maximum atomic E-state index is 11.7. The van der Waals surface area contributed by atoms with Crippen LogP contribution in [-0.2, 0) is 6.42 Å². The number of aryl methyl sites for hydroxylation is 2. The van der Waals surface area contributed by atoms with Gasteiger partial charge in [-0.1, -0.05) is 25.0 Å². The number of aromatic nitrogens is 1. The Morgan fingerprint density at radius 2 is 2.06 bits per heavy atom. The van der Waals surface area contributed by atoms with Crippen molar-refractivity contribution in [2.24, 2.45) is 0 Å². The van der Waals surface area contributed by atoms with Crippen molar-refractivity contribution in [1.82, 2.24) is 4.57 Å². The second kappa shape index (κ2) is 4.12. The lowest BCUT2D eigenvalue weighted by molar-refractivity contribution is 0.0939. The maximum absolute atomic E-state index is 11.7. The smallest absolute Gasteiger partial charge is 0.228 e. The van der Waals surface area contributed by atoms with Crippen molar-refractivity contribution in [1.29, 1.82) is 0 Å². The summed E-state index contributed by atoms with van der Waals surface area (Å²) in [4.78, 5) is 11.7. The number of fused-ring (bicyclic) bond motifs is 1. The van der Waals surface area contributed by atoms with Crippen molar-refractivity contribution in [3.8, 4) is 0 Å². The predicted molar refractivity (Wildman–Crippen MR) is 67.0 cm³/mol. The molecule has 0 aliphatic rings. The van der Waals surface area contributed by atoms with Crippen LogP contribution >= 0.6 is 0 Å². The maximum Gasteiger partial charge on any atom is 0.228 e. The molecule has 0 atom stereocenters. The van der Waals surface area contributed by atoms with E-state index in [0.29, 0.717) is 0 Å². The van der Waals surface area contributed by atoms with Crippen LogP contribution in [0.1, 0.15) is 36.3 Å². The van der Waals surface area contributed by atoms with Crippen LogP contribution in [0, 0.1) is 6.92 Å². The summed E-state index contributed by atoms with van der Waals surface area (Å²) in [5.41, 5.74) is 3.38. The zero-order valence-electron chi connectivity index (χ0n) is 10.1. The van der Waals surface area contributed by atoms with Gasteiger partial charge >= 0.3 is 0 Å². The molecule has 1 heterocycles. The van der Waals surface area contributed by atoms with Crippen molar-refractivity contribution in [2.45, 2.75) is 33.6 Å². The molecule has 2 nitrogen and oxygen atoms in total. The van der Waals surface area contributed by atoms with E-state index in [-0.39, 0.29) is 5.91 Å². The average Bonchev–Trinajstić information content (AvgIpc) is 2.55. The molecular weight excluding hydrogens is 198 g/mol. The highest BCUT2D eigenvalue weighted by Crippen LogP contribution is 2.22. The van der Waals surface area contributed by atoms with Crippen molar-refractivity contribution in [3.63, 3.8) is 0 Å². The first kappa shape index (κ1) is 10.9. The number of nitrogens with zero attached hydrogens (tertiary/aromatic N) is 1. The highest BCUT2D eigenvalue weighted by atomic mass is 16.1. The fourth-order valence-corrected chi connectivity index (χ4v) is 2.20. The first-order valence-corrected chi connectivity index (χ1v) is 5.75. The molecule has 0 aliphatic heterocycles. The fraction of sp³-hybridized carbons (Fsp3) is 0.357. The molecule has 1 aromatic heterocycles. The van der Waals surface area contributed by atoms with E-state index in [9.17, 15) is 4.79 Å². The van der Waals surface area contributed by atoms with Gasteiger partial charge in [0.1, 0.15) is 0 Å². The van der Waals surface area contributed by atoms with Crippen molar-refractivity contribution in [2.75, 3.05) is 0 Å². The molecule has 1 aromatic carbocycles. The van der Waals surface area contributed by atoms with E-state index in [0.717, 1.165) is 24.1 Å². The van der Waals surface area contributed by atoms with Gasteiger partial charge in [0.15, 0.2) is 0 Å². The molecular formula is C14H17NO. The summed E-state index contributed by atoms with van der Waals surface area (Å²) in [5, 5.41) is 1.17. The van der Waals surface area contributed by atoms with E-state index in [2.05, 4.69) is 32.0 Å². The molecule has 0 unspecified atom stereocenters. The highest BCUT2D eigenvalue weighted by molar-refractivity contribution is 5.93. The van der Waals surface area contributed by atoms with Crippen LogP contribution in [0.3, 0.4) is 0 Å². The van der Waals surface area contributed by atoms with Gasteiger partial charge in [0, 0.05) is 18.0 Å². The Morgan fingerprint density at radius 1 is 1.31 bits per heavy atom. The van der Waals surface area contributed by atoms with E-state index in [1.54, 1.807) is 6.92 Å². The van der Waals surface area contributed by atoms with Crippen LogP contribution in [-0.4, -0.2) is 10.5 Å². The summed E-state index contributed by atoms with van der Waals surface area (Å²) in [7, 11) is 0. The first-order chi connectivity index (χ1) is 7.63. The summed E-state index contributed by atoms with van der Waals surface area (Å²) in [5.74, 6) is 0.0994. The van der Waals surface area contributed by atoms with Gasteiger partial charge in [-0.2, -0.15) is 0 Å². The summed E-state index contributed by atoms with van der Waals surface area (Å²) in [6, 6.07) is 8.35. The van der Waals surface area contributed by atoms with Gasteiger partial charge in [-0.3, -0.25) is 9.36 Å². The molecule has 2 rings (SSSR count). The molecule has 2 heteroatoms. The van der Waals surface area contributed by atoms with Crippen LogP contribution in [0.5, 0.6) is 0 Å². The zero-order valence-corrected chi connectivity index (χ0v) is 10.1. The molecule has 84 valence electrons. The van der Waals surface area contributed by atoms with Crippen molar-refractivity contribution < 1.29 is 4.79 Å². The molecule has 0 aliphatic carbocycles. The first-order valence-electron chi connectivity index (χ1n) is 5.75. The van der Waals surface area contributed by atoms with Gasteiger partial charge in [0.05, 0.1) is 5.52 Å². The van der Waals surface area contributed by atoms with Gasteiger partial charge in [0.2, 0.25) is 5.91 Å². The normalized spacial score (nSPS) is 10.9. The fourth-order valence-electron chi connectivity index (χ4n) is 2.20. The van der Waals surface area contributed by atoms with Crippen molar-refractivity contribution >= 4 is 16.8 Å². The Balaban J connectivity index is 2.70. The Kier molecular flexibility index (Phi) is 2.82. The number of hydrogen-bond acceptors (Lipinski definition) is 1. The van der Waals surface area contributed by atoms with Crippen LogP contribution in [0.2, 0.25) is 0 Å². The number of rotatable bonds is 2. The van der Waals surface area contributed by atoms with E-state index in [1.165, 1.54) is 10.9 Å². The van der Waals surface area contributed by atoms with E-state index in [4.69, 9.17) is 0 Å². The third kappa shape index (κ3) is 1.75. The van der Waals surface area contributed by atoms with Crippen molar-refractivity contribution in [3.05, 3.63) is 35.5 Å². The van der Waals surface area contributed by atoms with Crippen LogP contribution in [0.15, 0.2) is 24.3 Å². The number of hydrogen-bond donors (Lipinski definition) is 0. The van der Waals surface area contributed by atoms with Crippen LogP contribution in [0.25, 0.3) is 10.9 Å². The summed E-state index contributed by atoms with van der Waals surface area (Å²) in [6.45, 7) is 5.83. The Bertz CT molecular complexity index is 537. The SMILES string of the molecule is CCCc1cc2cc(C)ccc2n1C(C)=O. The minimum atomic E-state index is 0.0994. The molecule has 0 fully saturated rings. The standard InChI is InChI=1S/C14H17NO/c1-4-5-13-9-12-8-10(2)6-7-14(12)15(13)11(3)16/h6-9H,4-5H2,1-3H3. The second-order valence-corrected chi connectivity index (χ2v) is 4.30. The Hall–Kier alpha value is -1.57. The molecule has 0 amide bonds. The molecule has 0 N–H and O–H groups in total. The number of benzene rings is 1. The van der Waals surface area contributed by atoms with E-state index >= 15 is 0 Å². The molecule has 0 saturated carbocycles. The van der Waals surface area contributed by atoms with Gasteiger partial charge in [-0.15, -0.1) is 0 Å². The van der Waals surface area contributed by atoms with Crippen LogP contribution < -0.4 is 0 Å². The number of carbonyl (C=O) groups is 1. The lowest BCUT2D eigenvalue weighted by Gasteiger charge is -2.05. The quantitative estimate of drug-likeness (QED) is 0.750. The topological polar surface area (TPSA) is 22.0 Å². The third-order valence-corrected chi connectivity index (χ3v) is 2.85. The van der Waals surface area contributed by atoms with E-state index < -0.39 is 0 Å². The number of carbonyl (C=O) groups excluding carboxylic acids is 1. The predicted octanol–water partition coefficient (Wildman–Crippen LogP) is 3.56. The summed E-state index contributed by atoms with van der Waals surface area (Å²) < 4.78 is 1.83. The van der Waals surface area contributed by atoms with Gasteiger partial charge in [0.25, 0.3) is 0 Å². The highest BCUT2D eigenvalue weighted by Gasteiger charge is 2.10. The summed E-state index contributed by atoms with van der Waals surface area (Å²) >= 11 is 0. The lowest BCUT2D eigenvalue weighted by Crippen LogP contribution is -2.09. The molecule has 0 spiro atoms. The van der Waals surface area contributed by atoms with Gasteiger partial charge in [-0.25, -0.2) is 0 Å². The lowest BCUT2D eigenvalue weighted by atomic mass is 10.2. The van der Waals surface area contributed by atoms with Gasteiger partial charge in [-0.05, 0) is 31.5 Å². The molecule has 0 saturated heterocycles. The average molecular weight is 215 g/mol. The van der Waals surface area contributed by atoms with Gasteiger partial charge < -0.3 is 0 Å².